The Balaban J connectivity index is 1.74. The van der Waals surface area contributed by atoms with Crippen molar-refractivity contribution in [2.75, 3.05) is 13.7 Å². The highest BCUT2D eigenvalue weighted by atomic mass is 16.5. The number of benzene rings is 1. The quantitative estimate of drug-likeness (QED) is 0.839. The standard InChI is InChI=1S/C16H19N5O3/c1-24-16(23)13-7-2-3-8-21(13)14(22)10-11-5-4-6-12(9-11)15-17-19-20-18-15/h4-6,9,13H,2-3,7-8,10H2,1H3,(H,17,18,19,20)/t13-/m1/s1. The van der Waals surface area contributed by atoms with Crippen molar-refractivity contribution < 1.29 is 14.3 Å². The molecule has 1 fully saturated rings. The zero-order valence-corrected chi connectivity index (χ0v) is 13.4. The Morgan fingerprint density at radius 1 is 1.38 bits per heavy atom. The highest BCUT2D eigenvalue weighted by molar-refractivity contribution is 5.86. The van der Waals surface area contributed by atoms with E-state index in [1.54, 1.807) is 4.90 Å². The Morgan fingerprint density at radius 3 is 3.00 bits per heavy atom. The Morgan fingerprint density at radius 2 is 2.25 bits per heavy atom. The molecule has 1 aromatic heterocycles. The number of tetrazole rings is 1. The van der Waals surface area contributed by atoms with Crippen LogP contribution >= 0.6 is 0 Å². The number of H-pyrrole nitrogens is 1. The van der Waals surface area contributed by atoms with E-state index in [0.717, 1.165) is 24.0 Å². The lowest BCUT2D eigenvalue weighted by molar-refractivity contribution is -0.154. The molecule has 1 atom stereocenters. The third-order valence-electron chi connectivity index (χ3n) is 4.18. The summed E-state index contributed by atoms with van der Waals surface area (Å²) < 4.78 is 4.83. The maximum atomic E-state index is 12.7. The van der Waals surface area contributed by atoms with Crippen LogP contribution in [0.2, 0.25) is 0 Å². The van der Waals surface area contributed by atoms with E-state index in [9.17, 15) is 9.59 Å². The number of ether oxygens (including phenoxy) is 1. The molecule has 0 radical (unpaired) electrons. The summed E-state index contributed by atoms with van der Waals surface area (Å²) in [5.41, 5.74) is 1.63. The van der Waals surface area contributed by atoms with Gasteiger partial charge in [-0.25, -0.2) is 4.79 Å². The lowest BCUT2D eigenvalue weighted by Gasteiger charge is -2.33. The second-order valence-corrected chi connectivity index (χ2v) is 5.73. The summed E-state index contributed by atoms with van der Waals surface area (Å²) in [4.78, 5) is 26.2. The number of piperidine rings is 1. The summed E-state index contributed by atoms with van der Waals surface area (Å²) in [6.07, 6.45) is 2.71. The number of carbonyl (C=O) groups is 2. The Kier molecular flexibility index (Phi) is 4.83. The fourth-order valence-corrected chi connectivity index (χ4v) is 2.99. The zero-order valence-electron chi connectivity index (χ0n) is 13.4. The van der Waals surface area contributed by atoms with Crippen LogP contribution in [0.15, 0.2) is 24.3 Å². The number of esters is 1. The first-order valence-electron chi connectivity index (χ1n) is 7.89. The number of nitrogens with zero attached hydrogens (tertiary/aromatic N) is 4. The van der Waals surface area contributed by atoms with Crippen molar-refractivity contribution in [3.63, 3.8) is 0 Å². The number of carbonyl (C=O) groups excluding carboxylic acids is 2. The molecule has 1 amide bonds. The minimum Gasteiger partial charge on any atom is -0.467 e. The number of amides is 1. The number of aromatic nitrogens is 4. The Labute approximate surface area is 139 Å². The van der Waals surface area contributed by atoms with Crippen LogP contribution in [0.25, 0.3) is 11.4 Å². The second kappa shape index (κ2) is 7.20. The minimum atomic E-state index is -0.475. The van der Waals surface area contributed by atoms with Crippen molar-refractivity contribution in [3.8, 4) is 11.4 Å². The summed E-state index contributed by atoms with van der Waals surface area (Å²) in [6.45, 7) is 0.586. The molecule has 0 aliphatic carbocycles. The molecule has 1 saturated heterocycles. The Hall–Kier alpha value is -2.77. The molecule has 8 nitrogen and oxygen atoms in total. The molecular formula is C16H19N5O3. The maximum absolute atomic E-state index is 12.7. The normalized spacial score (nSPS) is 17.5. The van der Waals surface area contributed by atoms with Gasteiger partial charge in [0.1, 0.15) is 6.04 Å². The lowest BCUT2D eigenvalue weighted by Crippen LogP contribution is -2.49. The van der Waals surface area contributed by atoms with Gasteiger partial charge in [0, 0.05) is 12.1 Å². The van der Waals surface area contributed by atoms with Gasteiger partial charge in [-0.15, -0.1) is 10.2 Å². The molecule has 3 rings (SSSR count). The molecule has 0 bridgehead atoms. The second-order valence-electron chi connectivity index (χ2n) is 5.73. The van der Waals surface area contributed by atoms with Crippen LogP contribution in [0.1, 0.15) is 24.8 Å². The van der Waals surface area contributed by atoms with Crippen LogP contribution in [-0.4, -0.2) is 57.1 Å². The van der Waals surface area contributed by atoms with Crippen LogP contribution in [0.3, 0.4) is 0 Å². The summed E-state index contributed by atoms with van der Waals surface area (Å²) in [7, 11) is 1.36. The number of hydrogen-bond donors (Lipinski definition) is 1. The first kappa shape index (κ1) is 16.1. The summed E-state index contributed by atoms with van der Waals surface area (Å²) in [5, 5.41) is 13.8. The van der Waals surface area contributed by atoms with Gasteiger partial charge in [-0.05, 0) is 36.1 Å². The van der Waals surface area contributed by atoms with Crippen LogP contribution < -0.4 is 0 Å². The van der Waals surface area contributed by atoms with Gasteiger partial charge in [-0.2, -0.15) is 5.21 Å². The fraction of sp³-hybridized carbons (Fsp3) is 0.438. The summed E-state index contributed by atoms with van der Waals surface area (Å²) in [6, 6.07) is 6.97. The van der Waals surface area contributed by atoms with Gasteiger partial charge in [0.25, 0.3) is 0 Å². The van der Waals surface area contributed by atoms with Gasteiger partial charge >= 0.3 is 5.97 Å². The maximum Gasteiger partial charge on any atom is 0.328 e. The summed E-state index contributed by atoms with van der Waals surface area (Å²) in [5.74, 6) is 0.0636. The SMILES string of the molecule is COC(=O)[C@H]1CCCCN1C(=O)Cc1cccc(-c2nn[nH]n2)c1. The molecular weight excluding hydrogens is 310 g/mol. The number of methoxy groups -OCH3 is 1. The average molecular weight is 329 g/mol. The number of nitrogens with one attached hydrogen (secondary N) is 1. The van der Waals surface area contributed by atoms with Gasteiger partial charge in [0.2, 0.25) is 11.7 Å². The number of likely N-dealkylation sites (tertiary alicyclic amines) is 1. The largest absolute Gasteiger partial charge is 0.467 e. The Bertz CT molecular complexity index is 716. The van der Waals surface area contributed by atoms with Crippen molar-refractivity contribution in [1.29, 1.82) is 0 Å². The van der Waals surface area contributed by atoms with Crippen molar-refractivity contribution >= 4 is 11.9 Å². The predicted molar refractivity (Wildman–Crippen MR) is 84.7 cm³/mol. The molecule has 8 heteroatoms. The van der Waals surface area contributed by atoms with Crippen LogP contribution in [0, 0.1) is 0 Å². The monoisotopic (exact) mass is 329 g/mol. The molecule has 1 aliphatic heterocycles. The van der Waals surface area contributed by atoms with Gasteiger partial charge in [-0.3, -0.25) is 4.79 Å². The van der Waals surface area contributed by atoms with E-state index in [0.29, 0.717) is 18.8 Å². The van der Waals surface area contributed by atoms with E-state index in [1.807, 2.05) is 24.3 Å². The van der Waals surface area contributed by atoms with Gasteiger partial charge in [0.05, 0.1) is 13.5 Å². The molecule has 0 saturated carbocycles. The third kappa shape index (κ3) is 3.42. The highest BCUT2D eigenvalue weighted by Gasteiger charge is 2.32. The first-order chi connectivity index (χ1) is 11.7. The van der Waals surface area contributed by atoms with E-state index < -0.39 is 6.04 Å². The van der Waals surface area contributed by atoms with Crippen LogP contribution in [0.5, 0.6) is 0 Å². The van der Waals surface area contributed by atoms with Crippen LogP contribution in [0.4, 0.5) is 0 Å². The molecule has 0 unspecified atom stereocenters. The van der Waals surface area contributed by atoms with Crippen molar-refractivity contribution in [2.24, 2.45) is 0 Å². The van der Waals surface area contributed by atoms with E-state index >= 15 is 0 Å². The van der Waals surface area contributed by atoms with Gasteiger partial charge in [0.15, 0.2) is 0 Å². The molecule has 1 aliphatic rings. The topological polar surface area (TPSA) is 101 Å². The number of rotatable bonds is 4. The summed E-state index contributed by atoms with van der Waals surface area (Å²) >= 11 is 0. The first-order valence-corrected chi connectivity index (χ1v) is 7.89. The molecule has 1 N–H and O–H groups in total. The van der Waals surface area contributed by atoms with Crippen molar-refractivity contribution in [1.82, 2.24) is 25.5 Å². The zero-order chi connectivity index (χ0) is 16.9. The van der Waals surface area contributed by atoms with Gasteiger partial charge < -0.3 is 9.64 Å². The molecule has 2 heterocycles. The molecule has 1 aromatic carbocycles. The van der Waals surface area contributed by atoms with E-state index in [1.165, 1.54) is 7.11 Å². The van der Waals surface area contributed by atoms with Gasteiger partial charge in [-0.1, -0.05) is 18.2 Å². The highest BCUT2D eigenvalue weighted by Crippen LogP contribution is 2.21. The van der Waals surface area contributed by atoms with E-state index in [4.69, 9.17) is 4.74 Å². The van der Waals surface area contributed by atoms with E-state index in [-0.39, 0.29) is 18.3 Å². The van der Waals surface area contributed by atoms with Crippen LogP contribution in [-0.2, 0) is 20.7 Å². The predicted octanol–water partition coefficient (Wildman–Crippen LogP) is 0.963. The molecule has 126 valence electrons. The smallest absolute Gasteiger partial charge is 0.328 e. The van der Waals surface area contributed by atoms with Crippen molar-refractivity contribution in [2.45, 2.75) is 31.7 Å². The number of hydrogen-bond acceptors (Lipinski definition) is 6. The minimum absolute atomic E-state index is 0.0737. The van der Waals surface area contributed by atoms with E-state index in [2.05, 4.69) is 20.6 Å². The molecule has 2 aromatic rings. The fourth-order valence-electron chi connectivity index (χ4n) is 2.99. The molecule has 0 spiro atoms. The average Bonchev–Trinajstić information content (AvgIpc) is 3.16. The molecule has 24 heavy (non-hydrogen) atoms. The lowest BCUT2D eigenvalue weighted by atomic mass is 10.0. The third-order valence-corrected chi connectivity index (χ3v) is 4.18. The number of aromatic amines is 1. The van der Waals surface area contributed by atoms with Crippen molar-refractivity contribution in [3.05, 3.63) is 29.8 Å².